The van der Waals surface area contributed by atoms with Gasteiger partial charge in [0.1, 0.15) is 0 Å². The van der Waals surface area contributed by atoms with Gasteiger partial charge < -0.3 is 9.72 Å². The van der Waals surface area contributed by atoms with Crippen LogP contribution in [0.2, 0.25) is 0 Å². The van der Waals surface area contributed by atoms with E-state index in [1.54, 1.807) is 19.5 Å². The maximum absolute atomic E-state index is 5.54. The Morgan fingerprint density at radius 2 is 1.89 bits per heavy atom. The number of hydrogen-bond donors (Lipinski definition) is 1. The highest BCUT2D eigenvalue weighted by Crippen LogP contribution is 2.37. The van der Waals surface area contributed by atoms with E-state index in [1.807, 2.05) is 24.3 Å². The van der Waals surface area contributed by atoms with Crippen LogP contribution in [0.15, 0.2) is 60.9 Å². The fourth-order valence-corrected chi connectivity index (χ4v) is 3.29. The number of nitrogens with zero attached hydrogens (tertiary/aromatic N) is 3. The minimum atomic E-state index is 0.495. The van der Waals surface area contributed by atoms with Gasteiger partial charge in [0.15, 0.2) is 0 Å². The lowest BCUT2D eigenvalue weighted by atomic mass is 10.0. The summed E-state index contributed by atoms with van der Waals surface area (Å²) in [4.78, 5) is 7.63. The summed E-state index contributed by atoms with van der Waals surface area (Å²) in [5, 5.41) is 9.83. The van der Waals surface area contributed by atoms with Crippen LogP contribution >= 0.6 is 0 Å². The van der Waals surface area contributed by atoms with Crippen LogP contribution in [-0.2, 0) is 0 Å². The Morgan fingerprint density at radius 1 is 1.07 bits per heavy atom. The number of aromatic amines is 1. The van der Waals surface area contributed by atoms with E-state index in [0.717, 1.165) is 46.4 Å². The normalized spacial score (nSPS) is 11.4. The molecule has 4 rings (SSSR count). The minimum absolute atomic E-state index is 0.495. The van der Waals surface area contributed by atoms with Crippen LogP contribution in [0.5, 0.6) is 5.88 Å². The average Bonchev–Trinajstić information content (AvgIpc) is 3.12. The van der Waals surface area contributed by atoms with Crippen molar-refractivity contribution in [1.29, 1.82) is 0 Å². The maximum Gasteiger partial charge on any atom is 0.242 e. The predicted octanol–water partition coefficient (Wildman–Crippen LogP) is 5.51. The Morgan fingerprint density at radius 3 is 2.68 bits per heavy atom. The van der Waals surface area contributed by atoms with E-state index >= 15 is 0 Å². The molecule has 0 spiro atoms. The van der Waals surface area contributed by atoms with Gasteiger partial charge in [0.25, 0.3) is 0 Å². The Labute approximate surface area is 164 Å². The molecule has 28 heavy (non-hydrogen) atoms. The van der Waals surface area contributed by atoms with Gasteiger partial charge in [-0.3, -0.25) is 4.98 Å². The smallest absolute Gasteiger partial charge is 0.242 e. The van der Waals surface area contributed by atoms with Crippen LogP contribution in [0.1, 0.15) is 25.3 Å². The third-order valence-electron chi connectivity index (χ3n) is 4.68. The minimum Gasteiger partial charge on any atom is -0.479 e. The number of rotatable bonds is 6. The SMILES string of the molecule is CCC/C=C/c1c(-c2cc(-c3ccncc3)nnc2OC)[nH]c2ccccc12. The van der Waals surface area contributed by atoms with E-state index in [2.05, 4.69) is 57.4 Å². The van der Waals surface area contributed by atoms with Crippen molar-refractivity contribution in [3.05, 3.63) is 66.5 Å². The molecule has 0 saturated carbocycles. The van der Waals surface area contributed by atoms with Gasteiger partial charge >= 0.3 is 0 Å². The third-order valence-corrected chi connectivity index (χ3v) is 4.68. The van der Waals surface area contributed by atoms with E-state index in [1.165, 1.54) is 5.39 Å². The summed E-state index contributed by atoms with van der Waals surface area (Å²) in [6, 6.07) is 14.2. The van der Waals surface area contributed by atoms with Gasteiger partial charge in [-0.2, -0.15) is 0 Å². The number of methoxy groups -OCH3 is 1. The molecule has 1 aromatic carbocycles. The molecule has 5 heteroatoms. The summed E-state index contributed by atoms with van der Waals surface area (Å²) in [6.07, 6.45) is 10.0. The van der Waals surface area contributed by atoms with Crippen molar-refractivity contribution in [2.75, 3.05) is 7.11 Å². The number of allylic oxidation sites excluding steroid dienone is 1. The molecule has 0 unspecified atom stereocenters. The van der Waals surface area contributed by atoms with Crippen molar-refractivity contribution in [1.82, 2.24) is 20.2 Å². The van der Waals surface area contributed by atoms with Gasteiger partial charge in [-0.25, -0.2) is 0 Å². The second-order valence-corrected chi connectivity index (χ2v) is 6.54. The summed E-state index contributed by atoms with van der Waals surface area (Å²) in [7, 11) is 1.62. The number of pyridine rings is 1. The topological polar surface area (TPSA) is 63.7 Å². The monoisotopic (exact) mass is 370 g/mol. The molecule has 4 aromatic rings. The quantitative estimate of drug-likeness (QED) is 0.486. The summed E-state index contributed by atoms with van der Waals surface area (Å²) in [6.45, 7) is 2.18. The van der Waals surface area contributed by atoms with Crippen molar-refractivity contribution in [3.8, 4) is 28.4 Å². The Kier molecular flexibility index (Phi) is 5.15. The lowest BCUT2D eigenvalue weighted by molar-refractivity contribution is 0.394. The van der Waals surface area contributed by atoms with Gasteiger partial charge in [-0.05, 0) is 30.7 Å². The lowest BCUT2D eigenvalue weighted by Crippen LogP contribution is -1.97. The van der Waals surface area contributed by atoms with E-state index < -0.39 is 0 Å². The van der Waals surface area contributed by atoms with Gasteiger partial charge in [-0.1, -0.05) is 43.7 Å². The second kappa shape index (κ2) is 8.05. The number of unbranched alkanes of at least 4 members (excludes halogenated alkanes) is 1. The van der Waals surface area contributed by atoms with Crippen molar-refractivity contribution < 1.29 is 4.74 Å². The number of benzene rings is 1. The van der Waals surface area contributed by atoms with Crippen molar-refractivity contribution in [2.24, 2.45) is 0 Å². The molecule has 0 aliphatic rings. The van der Waals surface area contributed by atoms with Crippen LogP contribution in [-0.4, -0.2) is 27.3 Å². The molecule has 1 N–H and O–H groups in total. The standard InChI is InChI=1S/C23H22N4O/c1-3-4-5-9-18-17-8-6-7-10-20(17)25-22(18)19-15-21(26-27-23(19)28-2)16-11-13-24-14-12-16/h5-15,25H,3-4H2,1-2H3/b9-5+. The first kappa shape index (κ1) is 17.9. The van der Waals surface area contributed by atoms with Gasteiger partial charge in [0.2, 0.25) is 5.88 Å². The summed E-state index contributed by atoms with van der Waals surface area (Å²) in [5.74, 6) is 0.495. The molecule has 0 amide bonds. The number of hydrogen-bond acceptors (Lipinski definition) is 4. The Hall–Kier alpha value is -3.47. The van der Waals surface area contributed by atoms with Crippen molar-refractivity contribution in [3.63, 3.8) is 0 Å². The molecule has 0 radical (unpaired) electrons. The lowest BCUT2D eigenvalue weighted by Gasteiger charge is -2.09. The maximum atomic E-state index is 5.54. The molecule has 0 bridgehead atoms. The zero-order valence-corrected chi connectivity index (χ0v) is 16.0. The summed E-state index contributed by atoms with van der Waals surface area (Å²) in [5.41, 5.74) is 5.83. The Bertz CT molecular complexity index is 1120. The largest absolute Gasteiger partial charge is 0.479 e. The summed E-state index contributed by atoms with van der Waals surface area (Å²) >= 11 is 0. The number of aromatic nitrogens is 4. The molecule has 0 aliphatic heterocycles. The van der Waals surface area contributed by atoms with Crippen LogP contribution in [0.4, 0.5) is 0 Å². The average molecular weight is 370 g/mol. The van der Waals surface area contributed by atoms with Crippen LogP contribution < -0.4 is 4.74 Å². The molecule has 3 heterocycles. The van der Waals surface area contributed by atoms with E-state index in [0.29, 0.717) is 5.88 Å². The van der Waals surface area contributed by atoms with Crippen molar-refractivity contribution >= 4 is 17.0 Å². The van der Waals surface area contributed by atoms with Crippen molar-refractivity contribution in [2.45, 2.75) is 19.8 Å². The zero-order valence-electron chi connectivity index (χ0n) is 16.0. The molecule has 140 valence electrons. The number of ether oxygens (including phenoxy) is 1. The molecule has 0 atom stereocenters. The first-order valence-corrected chi connectivity index (χ1v) is 9.41. The van der Waals surface area contributed by atoms with Gasteiger partial charge in [0, 0.05) is 34.4 Å². The van der Waals surface area contributed by atoms with E-state index in [-0.39, 0.29) is 0 Å². The number of para-hydroxylation sites is 1. The first-order valence-electron chi connectivity index (χ1n) is 9.41. The Balaban J connectivity index is 1.92. The highest BCUT2D eigenvalue weighted by atomic mass is 16.5. The highest BCUT2D eigenvalue weighted by molar-refractivity contribution is 5.97. The number of nitrogens with one attached hydrogen (secondary N) is 1. The van der Waals surface area contributed by atoms with Gasteiger partial charge in [0.05, 0.1) is 24.1 Å². The van der Waals surface area contributed by atoms with E-state index in [9.17, 15) is 0 Å². The molecule has 0 aliphatic carbocycles. The molecule has 5 nitrogen and oxygen atoms in total. The molecule has 3 aromatic heterocycles. The zero-order chi connectivity index (χ0) is 19.3. The van der Waals surface area contributed by atoms with Gasteiger partial charge in [-0.15, -0.1) is 10.2 Å². The number of fused-ring (bicyclic) bond motifs is 1. The van der Waals surface area contributed by atoms with Crippen LogP contribution in [0, 0.1) is 0 Å². The summed E-state index contributed by atoms with van der Waals surface area (Å²) < 4.78 is 5.54. The molecular formula is C23H22N4O. The third kappa shape index (κ3) is 3.39. The highest BCUT2D eigenvalue weighted by Gasteiger charge is 2.17. The fourth-order valence-electron chi connectivity index (χ4n) is 3.29. The fraction of sp³-hybridized carbons (Fsp3) is 0.174. The molecule has 0 saturated heterocycles. The van der Waals surface area contributed by atoms with Crippen LogP contribution in [0.25, 0.3) is 39.5 Å². The van der Waals surface area contributed by atoms with Crippen LogP contribution in [0.3, 0.4) is 0 Å². The van der Waals surface area contributed by atoms with E-state index in [4.69, 9.17) is 4.74 Å². The molecular weight excluding hydrogens is 348 g/mol. The number of H-pyrrole nitrogens is 1. The second-order valence-electron chi connectivity index (χ2n) is 6.54. The first-order chi connectivity index (χ1) is 13.8. The predicted molar refractivity (Wildman–Crippen MR) is 113 cm³/mol. The molecule has 0 fully saturated rings.